The van der Waals surface area contributed by atoms with Crippen LogP contribution in [0, 0.1) is 0 Å². The molecule has 2 aromatic rings. The SMILES string of the molecule is COC(=O)CCOc1ccc(OCCC(=O)OC)c2ccccc12. The molecule has 0 N–H and O–H groups in total. The van der Waals surface area contributed by atoms with Crippen LogP contribution in [-0.2, 0) is 19.1 Å². The van der Waals surface area contributed by atoms with Gasteiger partial charge in [0.05, 0.1) is 40.3 Å². The Hall–Kier alpha value is -2.76. The normalized spacial score (nSPS) is 10.2. The summed E-state index contributed by atoms with van der Waals surface area (Å²) in [4.78, 5) is 22.3. The Balaban J connectivity index is 2.11. The third-order valence-corrected chi connectivity index (χ3v) is 3.43. The lowest BCUT2D eigenvalue weighted by Gasteiger charge is -2.13. The first kappa shape index (κ1) is 17.6. The number of rotatable bonds is 8. The van der Waals surface area contributed by atoms with E-state index in [9.17, 15) is 9.59 Å². The molecule has 24 heavy (non-hydrogen) atoms. The number of hydrogen-bond acceptors (Lipinski definition) is 6. The molecule has 0 aliphatic rings. The zero-order valence-corrected chi connectivity index (χ0v) is 13.7. The molecule has 0 aromatic heterocycles. The second-order valence-corrected chi connectivity index (χ2v) is 4.96. The van der Waals surface area contributed by atoms with Gasteiger partial charge in [-0.1, -0.05) is 24.3 Å². The third kappa shape index (κ3) is 4.62. The standard InChI is InChI=1S/C18H20O6/c1-21-17(19)9-11-23-15-7-8-16(24-12-10-18(20)22-2)14-6-4-3-5-13(14)15/h3-8H,9-12H2,1-2H3. The monoisotopic (exact) mass is 332 g/mol. The van der Waals surface area contributed by atoms with Gasteiger partial charge in [0, 0.05) is 10.8 Å². The fourth-order valence-corrected chi connectivity index (χ4v) is 2.19. The number of methoxy groups -OCH3 is 2. The number of ether oxygens (including phenoxy) is 4. The molecule has 6 nitrogen and oxygen atoms in total. The maximum atomic E-state index is 11.2. The van der Waals surface area contributed by atoms with Crippen molar-refractivity contribution < 1.29 is 28.5 Å². The maximum absolute atomic E-state index is 11.2. The molecule has 0 saturated carbocycles. The van der Waals surface area contributed by atoms with Gasteiger partial charge in [0.2, 0.25) is 0 Å². The molecule has 128 valence electrons. The molecule has 0 aliphatic heterocycles. The average Bonchev–Trinajstić information content (AvgIpc) is 2.62. The summed E-state index contributed by atoms with van der Waals surface area (Å²) in [6.45, 7) is 0.471. The number of benzene rings is 2. The van der Waals surface area contributed by atoms with Crippen LogP contribution in [0.1, 0.15) is 12.8 Å². The molecule has 0 unspecified atom stereocenters. The van der Waals surface area contributed by atoms with Gasteiger partial charge in [-0.25, -0.2) is 0 Å². The Labute approximate surface area is 140 Å². The van der Waals surface area contributed by atoms with Gasteiger partial charge >= 0.3 is 11.9 Å². The molecule has 2 rings (SSSR count). The minimum Gasteiger partial charge on any atom is -0.492 e. The molecule has 0 saturated heterocycles. The molecule has 0 radical (unpaired) electrons. The fourth-order valence-electron chi connectivity index (χ4n) is 2.19. The zero-order valence-electron chi connectivity index (χ0n) is 13.7. The van der Waals surface area contributed by atoms with E-state index < -0.39 is 0 Å². The number of carbonyl (C=O) groups excluding carboxylic acids is 2. The quantitative estimate of drug-likeness (QED) is 0.692. The van der Waals surface area contributed by atoms with Crippen LogP contribution >= 0.6 is 0 Å². The Kier molecular flexibility index (Phi) is 6.42. The van der Waals surface area contributed by atoms with Gasteiger partial charge in [-0.05, 0) is 12.1 Å². The van der Waals surface area contributed by atoms with Gasteiger partial charge in [-0.2, -0.15) is 0 Å². The average molecular weight is 332 g/mol. The Morgan fingerprint density at radius 1 is 0.750 bits per heavy atom. The van der Waals surface area contributed by atoms with Crippen molar-refractivity contribution in [2.75, 3.05) is 27.4 Å². The van der Waals surface area contributed by atoms with Gasteiger partial charge in [-0.3, -0.25) is 9.59 Å². The van der Waals surface area contributed by atoms with Gasteiger partial charge in [-0.15, -0.1) is 0 Å². The van der Waals surface area contributed by atoms with Crippen LogP contribution in [0.4, 0.5) is 0 Å². The first-order chi connectivity index (χ1) is 11.7. The van der Waals surface area contributed by atoms with E-state index in [2.05, 4.69) is 9.47 Å². The van der Waals surface area contributed by atoms with Crippen LogP contribution in [0.5, 0.6) is 11.5 Å². The highest BCUT2D eigenvalue weighted by atomic mass is 16.5. The highest BCUT2D eigenvalue weighted by Gasteiger charge is 2.09. The van der Waals surface area contributed by atoms with E-state index in [0.29, 0.717) is 11.5 Å². The van der Waals surface area contributed by atoms with Crippen molar-refractivity contribution in [3.8, 4) is 11.5 Å². The van der Waals surface area contributed by atoms with Crippen molar-refractivity contribution >= 4 is 22.7 Å². The summed E-state index contributed by atoms with van der Waals surface area (Å²) >= 11 is 0. The van der Waals surface area contributed by atoms with E-state index in [-0.39, 0.29) is 38.0 Å². The van der Waals surface area contributed by atoms with Gasteiger partial charge in [0.15, 0.2) is 0 Å². The number of fused-ring (bicyclic) bond motifs is 1. The lowest BCUT2D eigenvalue weighted by molar-refractivity contribution is -0.142. The van der Waals surface area contributed by atoms with Crippen LogP contribution in [0.25, 0.3) is 10.8 Å². The number of hydrogen-bond donors (Lipinski definition) is 0. The summed E-state index contributed by atoms with van der Waals surface area (Å²) in [7, 11) is 2.69. The predicted molar refractivity (Wildman–Crippen MR) is 88.2 cm³/mol. The molecule has 0 bridgehead atoms. The van der Waals surface area contributed by atoms with Crippen molar-refractivity contribution in [2.45, 2.75) is 12.8 Å². The van der Waals surface area contributed by atoms with Crippen LogP contribution in [0.3, 0.4) is 0 Å². The summed E-state index contributed by atoms with van der Waals surface area (Å²) < 4.78 is 20.5. The highest BCUT2D eigenvalue weighted by Crippen LogP contribution is 2.33. The molecule has 2 aromatic carbocycles. The molecule has 0 heterocycles. The molecule has 0 atom stereocenters. The summed E-state index contributed by atoms with van der Waals surface area (Å²) in [6, 6.07) is 11.2. The van der Waals surface area contributed by atoms with Crippen LogP contribution in [0.2, 0.25) is 0 Å². The van der Waals surface area contributed by atoms with Crippen molar-refractivity contribution in [3.05, 3.63) is 36.4 Å². The van der Waals surface area contributed by atoms with Gasteiger partial charge in [0.1, 0.15) is 11.5 Å². The predicted octanol–water partition coefficient (Wildman–Crippen LogP) is 2.72. The lowest BCUT2D eigenvalue weighted by atomic mass is 10.1. The molecular formula is C18H20O6. The van der Waals surface area contributed by atoms with Gasteiger partial charge in [0.25, 0.3) is 0 Å². The van der Waals surface area contributed by atoms with Crippen LogP contribution in [-0.4, -0.2) is 39.4 Å². The minimum atomic E-state index is -0.318. The van der Waals surface area contributed by atoms with E-state index >= 15 is 0 Å². The van der Waals surface area contributed by atoms with Crippen molar-refractivity contribution in [1.29, 1.82) is 0 Å². The summed E-state index contributed by atoms with van der Waals surface area (Å²) in [5, 5.41) is 1.75. The summed E-state index contributed by atoms with van der Waals surface area (Å²) in [6.07, 6.45) is 0.365. The second kappa shape index (κ2) is 8.76. The van der Waals surface area contributed by atoms with E-state index in [4.69, 9.17) is 9.47 Å². The number of carbonyl (C=O) groups is 2. The molecule has 0 amide bonds. The van der Waals surface area contributed by atoms with Gasteiger partial charge < -0.3 is 18.9 Å². The fraction of sp³-hybridized carbons (Fsp3) is 0.333. The van der Waals surface area contributed by atoms with Crippen molar-refractivity contribution in [3.63, 3.8) is 0 Å². The second-order valence-electron chi connectivity index (χ2n) is 4.96. The largest absolute Gasteiger partial charge is 0.492 e. The minimum absolute atomic E-state index is 0.183. The Bertz CT molecular complexity index is 649. The van der Waals surface area contributed by atoms with E-state index in [1.807, 2.05) is 24.3 Å². The molecule has 0 spiro atoms. The first-order valence-electron chi connectivity index (χ1n) is 7.56. The topological polar surface area (TPSA) is 71.1 Å². The molecular weight excluding hydrogens is 312 g/mol. The summed E-state index contributed by atoms with van der Waals surface area (Å²) in [5.41, 5.74) is 0. The zero-order chi connectivity index (χ0) is 17.4. The molecule has 6 heteroatoms. The van der Waals surface area contributed by atoms with Crippen molar-refractivity contribution in [2.24, 2.45) is 0 Å². The Morgan fingerprint density at radius 3 is 1.54 bits per heavy atom. The third-order valence-electron chi connectivity index (χ3n) is 3.43. The molecule has 0 aliphatic carbocycles. The van der Waals surface area contributed by atoms with E-state index in [1.165, 1.54) is 14.2 Å². The molecule has 0 fully saturated rings. The maximum Gasteiger partial charge on any atom is 0.308 e. The lowest BCUT2D eigenvalue weighted by Crippen LogP contribution is -2.08. The van der Waals surface area contributed by atoms with Crippen LogP contribution < -0.4 is 9.47 Å². The Morgan fingerprint density at radius 2 is 1.17 bits per heavy atom. The first-order valence-corrected chi connectivity index (χ1v) is 7.56. The van der Waals surface area contributed by atoms with Crippen molar-refractivity contribution in [1.82, 2.24) is 0 Å². The number of esters is 2. The van der Waals surface area contributed by atoms with E-state index in [0.717, 1.165) is 10.8 Å². The smallest absolute Gasteiger partial charge is 0.308 e. The van der Waals surface area contributed by atoms with Crippen LogP contribution in [0.15, 0.2) is 36.4 Å². The highest BCUT2D eigenvalue weighted by molar-refractivity contribution is 5.93. The van der Waals surface area contributed by atoms with E-state index in [1.54, 1.807) is 12.1 Å². The summed E-state index contributed by atoms with van der Waals surface area (Å²) in [5.74, 6) is 0.689.